The van der Waals surface area contributed by atoms with Crippen LogP contribution in [-0.2, 0) is 0 Å². The lowest BCUT2D eigenvalue weighted by atomic mass is 10.1. The molecule has 1 heterocycles. The predicted octanol–water partition coefficient (Wildman–Crippen LogP) is 3.33. The number of benzene rings is 2. The molecule has 5 N–H and O–H groups in total. The van der Waals surface area contributed by atoms with Crippen LogP contribution in [0.5, 0.6) is 11.5 Å². The molecule has 2 aromatic rings. The molecule has 0 saturated carbocycles. The highest BCUT2D eigenvalue weighted by atomic mass is 79.9. The summed E-state index contributed by atoms with van der Waals surface area (Å²) in [7, 11) is 3.53. The molecule has 0 aromatic heterocycles. The van der Waals surface area contributed by atoms with Crippen molar-refractivity contribution in [3.8, 4) is 11.5 Å². The number of hydrogen-bond acceptors (Lipinski definition) is 7. The van der Waals surface area contributed by atoms with Crippen LogP contribution in [0.2, 0.25) is 0 Å². The molecule has 0 fully saturated rings. The number of unbranched alkanes of at least 4 members (excludes halogenated alkanes) is 1. The fraction of sp³-hybridized carbons (Fsp3) is 0.400. The van der Waals surface area contributed by atoms with Gasteiger partial charge < -0.3 is 20.1 Å². The molecular formula is C20H27BrFN5O2. The molecule has 0 spiro atoms. The number of hydrogen-bond donors (Lipinski definition) is 4. The second-order valence-electron chi connectivity index (χ2n) is 6.71. The van der Waals surface area contributed by atoms with Crippen molar-refractivity contribution in [1.82, 2.24) is 10.6 Å². The zero-order chi connectivity index (χ0) is 20.8. The van der Waals surface area contributed by atoms with E-state index in [-0.39, 0.29) is 0 Å². The van der Waals surface area contributed by atoms with Crippen LogP contribution in [0.3, 0.4) is 0 Å². The van der Waals surface area contributed by atoms with E-state index < -0.39 is 12.0 Å². The number of nitrogens with two attached hydrogens (primary N) is 1. The van der Waals surface area contributed by atoms with E-state index in [9.17, 15) is 4.39 Å². The lowest BCUT2D eigenvalue weighted by molar-refractivity contribution is 0.285. The lowest BCUT2D eigenvalue weighted by Crippen LogP contribution is -2.47. The van der Waals surface area contributed by atoms with Crippen molar-refractivity contribution < 1.29 is 13.9 Å². The van der Waals surface area contributed by atoms with Crippen molar-refractivity contribution in [2.24, 2.45) is 5.84 Å². The highest BCUT2D eigenvalue weighted by Crippen LogP contribution is 2.39. The van der Waals surface area contributed by atoms with Gasteiger partial charge in [-0.2, -0.15) is 0 Å². The van der Waals surface area contributed by atoms with E-state index in [2.05, 4.69) is 31.9 Å². The Morgan fingerprint density at radius 3 is 2.83 bits per heavy atom. The summed E-state index contributed by atoms with van der Waals surface area (Å²) < 4.78 is 26.5. The number of methoxy groups -OCH3 is 1. The van der Waals surface area contributed by atoms with Gasteiger partial charge in [0.2, 0.25) is 0 Å². The third-order valence-electron chi connectivity index (χ3n) is 4.75. The highest BCUT2D eigenvalue weighted by molar-refractivity contribution is 9.10. The third kappa shape index (κ3) is 5.11. The Hall–Kier alpha value is -2.07. The Balaban J connectivity index is 1.83. The van der Waals surface area contributed by atoms with Gasteiger partial charge >= 0.3 is 0 Å². The fourth-order valence-corrected chi connectivity index (χ4v) is 3.58. The van der Waals surface area contributed by atoms with Crippen LogP contribution < -0.4 is 36.3 Å². The van der Waals surface area contributed by atoms with E-state index in [4.69, 9.17) is 15.3 Å². The van der Waals surface area contributed by atoms with Gasteiger partial charge in [0, 0.05) is 21.8 Å². The Bertz CT molecular complexity index is 839. The lowest BCUT2D eigenvalue weighted by Gasteiger charge is -2.36. The van der Waals surface area contributed by atoms with E-state index >= 15 is 0 Å². The van der Waals surface area contributed by atoms with Crippen LogP contribution >= 0.6 is 15.9 Å². The average molecular weight is 468 g/mol. The van der Waals surface area contributed by atoms with Crippen molar-refractivity contribution in [2.75, 3.05) is 44.3 Å². The number of ether oxygens (including phenoxy) is 2. The third-order valence-corrected chi connectivity index (χ3v) is 5.24. The number of rotatable bonds is 9. The minimum Gasteiger partial charge on any atom is -0.493 e. The minimum atomic E-state index is -0.430. The standard InChI is InChI=1S/C20H27BrFN5O2/c1-24-7-3-4-8-29-19-11-16-14(10-18(19)28-2)20(26-12-25-16)27(23)17-6-5-13(21)9-15(17)22/h5-6,9-11,20,24-26H,3-4,7-8,12,23H2,1-2H3. The largest absolute Gasteiger partial charge is 0.493 e. The van der Waals surface area contributed by atoms with Crippen molar-refractivity contribution in [1.29, 1.82) is 0 Å². The summed E-state index contributed by atoms with van der Waals surface area (Å²) in [6.45, 7) is 2.04. The molecule has 3 rings (SSSR count). The van der Waals surface area contributed by atoms with Crippen molar-refractivity contribution in [2.45, 2.75) is 19.0 Å². The number of nitrogens with zero attached hydrogens (tertiary/aromatic N) is 1. The zero-order valence-electron chi connectivity index (χ0n) is 16.6. The summed E-state index contributed by atoms with van der Waals surface area (Å²) in [5.41, 5.74) is 2.01. The van der Waals surface area contributed by atoms with Crippen LogP contribution in [0.25, 0.3) is 0 Å². The molecule has 158 valence electrons. The first-order valence-electron chi connectivity index (χ1n) is 9.50. The van der Waals surface area contributed by atoms with Gasteiger partial charge in [0.25, 0.3) is 0 Å². The summed E-state index contributed by atoms with van der Waals surface area (Å²) >= 11 is 3.27. The van der Waals surface area contributed by atoms with Gasteiger partial charge in [-0.25, -0.2) is 10.2 Å². The summed E-state index contributed by atoms with van der Waals surface area (Å²) in [6, 6.07) is 8.57. The molecule has 7 nitrogen and oxygen atoms in total. The molecule has 0 radical (unpaired) electrons. The molecule has 0 aliphatic carbocycles. The van der Waals surface area contributed by atoms with Gasteiger partial charge in [-0.15, -0.1) is 0 Å². The molecule has 0 amide bonds. The van der Waals surface area contributed by atoms with Crippen LogP contribution in [0.4, 0.5) is 15.8 Å². The van der Waals surface area contributed by atoms with Gasteiger partial charge in [-0.1, -0.05) is 15.9 Å². The molecule has 29 heavy (non-hydrogen) atoms. The second kappa shape index (κ2) is 10.1. The smallest absolute Gasteiger partial charge is 0.163 e. The van der Waals surface area contributed by atoms with E-state index in [1.54, 1.807) is 19.2 Å². The SMILES string of the molecule is CNCCCCOc1cc2c(cc1OC)C(N(N)c1ccc(Br)cc1F)NCN2. The predicted molar refractivity (Wildman–Crippen MR) is 117 cm³/mol. The van der Waals surface area contributed by atoms with E-state index in [0.717, 1.165) is 30.6 Å². The van der Waals surface area contributed by atoms with Gasteiger partial charge in [-0.05, 0) is 50.7 Å². The molecule has 0 bridgehead atoms. The maximum absolute atomic E-state index is 14.4. The molecular weight excluding hydrogens is 441 g/mol. The number of halogens is 2. The van der Waals surface area contributed by atoms with Gasteiger partial charge in [-0.3, -0.25) is 10.3 Å². The number of hydrazine groups is 1. The molecule has 1 unspecified atom stereocenters. The first-order valence-corrected chi connectivity index (χ1v) is 10.3. The maximum atomic E-state index is 14.4. The molecule has 1 aliphatic rings. The van der Waals surface area contributed by atoms with Crippen molar-refractivity contribution in [3.63, 3.8) is 0 Å². The Morgan fingerprint density at radius 1 is 1.28 bits per heavy atom. The van der Waals surface area contributed by atoms with E-state index in [1.807, 2.05) is 19.2 Å². The van der Waals surface area contributed by atoms with Gasteiger partial charge in [0.1, 0.15) is 12.0 Å². The van der Waals surface area contributed by atoms with Gasteiger partial charge in [0.05, 0.1) is 26.1 Å². The van der Waals surface area contributed by atoms with E-state index in [1.165, 1.54) is 11.1 Å². The van der Waals surface area contributed by atoms with Crippen LogP contribution in [0, 0.1) is 5.82 Å². The molecule has 1 aliphatic heterocycles. The summed E-state index contributed by atoms with van der Waals surface area (Å²) in [6.07, 6.45) is 1.55. The van der Waals surface area contributed by atoms with E-state index in [0.29, 0.717) is 34.9 Å². The second-order valence-corrected chi connectivity index (χ2v) is 7.63. The van der Waals surface area contributed by atoms with Crippen LogP contribution in [0.15, 0.2) is 34.8 Å². The quantitative estimate of drug-likeness (QED) is 0.255. The Kier molecular flexibility index (Phi) is 7.54. The number of nitrogens with one attached hydrogen (secondary N) is 3. The molecule has 2 aromatic carbocycles. The average Bonchev–Trinajstić information content (AvgIpc) is 2.72. The van der Waals surface area contributed by atoms with Crippen LogP contribution in [-0.4, -0.2) is 34.0 Å². The molecule has 0 saturated heterocycles. The maximum Gasteiger partial charge on any atom is 0.163 e. The first-order chi connectivity index (χ1) is 14.0. The van der Waals surface area contributed by atoms with Crippen molar-refractivity contribution in [3.05, 3.63) is 46.2 Å². The fourth-order valence-electron chi connectivity index (χ4n) is 3.24. The summed E-state index contributed by atoms with van der Waals surface area (Å²) in [5, 5.41) is 11.1. The first kappa shape index (κ1) is 21.6. The molecule has 9 heteroatoms. The zero-order valence-corrected chi connectivity index (χ0v) is 18.2. The molecule has 1 atom stereocenters. The van der Waals surface area contributed by atoms with Gasteiger partial charge in [0.15, 0.2) is 11.5 Å². The normalized spacial score (nSPS) is 15.4. The highest BCUT2D eigenvalue weighted by Gasteiger charge is 2.28. The summed E-state index contributed by atoms with van der Waals surface area (Å²) in [5.74, 6) is 7.17. The Labute approximate surface area is 178 Å². The topological polar surface area (TPSA) is 83.8 Å². The number of anilines is 2. The number of fused-ring (bicyclic) bond motifs is 1. The van der Waals surface area contributed by atoms with Crippen LogP contribution in [0.1, 0.15) is 24.6 Å². The monoisotopic (exact) mass is 467 g/mol. The Morgan fingerprint density at radius 2 is 2.10 bits per heavy atom. The summed E-state index contributed by atoms with van der Waals surface area (Å²) in [4.78, 5) is 0. The minimum absolute atomic E-state index is 0.294. The van der Waals surface area contributed by atoms with Crippen molar-refractivity contribution >= 4 is 27.3 Å².